The Labute approximate surface area is 51.3 Å². The van der Waals surface area contributed by atoms with E-state index in [1.165, 1.54) is 18.3 Å². The molecule has 8 heavy (non-hydrogen) atoms. The SMILES string of the molecule is C[C@@H]1CC[C@H]2C[C@H]2C1. The zero-order valence-electron chi connectivity index (χ0n) is 5.56. The number of hydrogen-bond donors (Lipinski definition) is 0. The summed E-state index contributed by atoms with van der Waals surface area (Å²) in [6, 6.07) is 0. The predicted molar refractivity (Wildman–Crippen MR) is 34.6 cm³/mol. The molecule has 2 rings (SSSR count). The summed E-state index contributed by atoms with van der Waals surface area (Å²) >= 11 is 0. The molecule has 0 radical (unpaired) electrons. The van der Waals surface area contributed by atoms with Gasteiger partial charge in [-0.05, 0) is 37.0 Å². The highest BCUT2D eigenvalue weighted by Gasteiger charge is 2.40. The van der Waals surface area contributed by atoms with Crippen LogP contribution in [0.5, 0.6) is 0 Å². The molecule has 0 aromatic carbocycles. The molecule has 0 heterocycles. The summed E-state index contributed by atoms with van der Waals surface area (Å²) in [5.41, 5.74) is 0. The molecule has 0 spiro atoms. The van der Waals surface area contributed by atoms with Crippen molar-refractivity contribution in [3.8, 4) is 0 Å². The van der Waals surface area contributed by atoms with Crippen molar-refractivity contribution in [3.05, 3.63) is 0 Å². The summed E-state index contributed by atoms with van der Waals surface area (Å²) in [6.07, 6.45) is 6.18. The maximum absolute atomic E-state index is 2.40. The quantitative estimate of drug-likeness (QED) is 0.449. The van der Waals surface area contributed by atoms with Gasteiger partial charge in [0.15, 0.2) is 0 Å². The highest BCUT2D eigenvalue weighted by atomic mass is 14.5. The van der Waals surface area contributed by atoms with Gasteiger partial charge in [0.05, 0.1) is 0 Å². The molecule has 0 amide bonds. The second-order valence-electron chi connectivity index (χ2n) is 3.67. The Balaban J connectivity index is 1.93. The first kappa shape index (κ1) is 4.84. The smallest absolute Gasteiger partial charge is 0.0380 e. The van der Waals surface area contributed by atoms with Gasteiger partial charge in [0.2, 0.25) is 0 Å². The fourth-order valence-electron chi connectivity index (χ4n) is 2.09. The van der Waals surface area contributed by atoms with Gasteiger partial charge in [-0.15, -0.1) is 0 Å². The van der Waals surface area contributed by atoms with Crippen molar-refractivity contribution >= 4 is 0 Å². The van der Waals surface area contributed by atoms with Crippen molar-refractivity contribution < 1.29 is 0 Å². The third-order valence-corrected chi connectivity index (χ3v) is 2.80. The molecule has 0 aromatic heterocycles. The Bertz CT molecular complexity index is 96.2. The second-order valence-corrected chi connectivity index (χ2v) is 3.67. The highest BCUT2D eigenvalue weighted by Crippen LogP contribution is 2.51. The van der Waals surface area contributed by atoms with Gasteiger partial charge in [0, 0.05) is 0 Å². The van der Waals surface area contributed by atoms with Gasteiger partial charge in [-0.2, -0.15) is 0 Å². The average molecular weight is 110 g/mol. The van der Waals surface area contributed by atoms with Crippen molar-refractivity contribution in [1.82, 2.24) is 0 Å². The van der Waals surface area contributed by atoms with Gasteiger partial charge >= 0.3 is 0 Å². The molecule has 2 saturated carbocycles. The summed E-state index contributed by atoms with van der Waals surface area (Å²) in [6.45, 7) is 2.40. The molecule has 2 aliphatic carbocycles. The summed E-state index contributed by atoms with van der Waals surface area (Å²) in [4.78, 5) is 0. The Morgan fingerprint density at radius 1 is 1.00 bits per heavy atom. The standard InChI is InChI=1S/C8H14/c1-6-2-3-7-5-8(7)4-6/h6-8H,2-5H2,1H3/t6-,7+,8-/m1/s1. The number of rotatable bonds is 0. The van der Waals surface area contributed by atoms with E-state index in [-0.39, 0.29) is 0 Å². The third-order valence-electron chi connectivity index (χ3n) is 2.80. The van der Waals surface area contributed by atoms with Gasteiger partial charge in [-0.3, -0.25) is 0 Å². The lowest BCUT2D eigenvalue weighted by Crippen LogP contribution is -2.03. The van der Waals surface area contributed by atoms with Crippen molar-refractivity contribution in [3.63, 3.8) is 0 Å². The minimum Gasteiger partial charge on any atom is -0.0625 e. The molecule has 0 saturated heterocycles. The lowest BCUT2D eigenvalue weighted by molar-refractivity contribution is 0.368. The number of fused-ring (bicyclic) bond motifs is 1. The van der Waals surface area contributed by atoms with E-state index in [0.717, 1.165) is 5.92 Å². The maximum atomic E-state index is 2.40. The fourth-order valence-corrected chi connectivity index (χ4v) is 2.09. The van der Waals surface area contributed by atoms with E-state index in [1.54, 1.807) is 19.3 Å². The van der Waals surface area contributed by atoms with Gasteiger partial charge in [0.25, 0.3) is 0 Å². The lowest BCUT2D eigenvalue weighted by atomic mass is 9.91. The Morgan fingerprint density at radius 3 is 2.50 bits per heavy atom. The van der Waals surface area contributed by atoms with Crippen molar-refractivity contribution in [1.29, 1.82) is 0 Å². The third kappa shape index (κ3) is 0.667. The largest absolute Gasteiger partial charge is 0.0625 e. The maximum Gasteiger partial charge on any atom is -0.0380 e. The first-order valence-corrected chi connectivity index (χ1v) is 3.86. The zero-order valence-corrected chi connectivity index (χ0v) is 5.56. The van der Waals surface area contributed by atoms with Crippen LogP contribution in [0, 0.1) is 17.8 Å². The highest BCUT2D eigenvalue weighted by molar-refractivity contribution is 4.91. The summed E-state index contributed by atoms with van der Waals surface area (Å²) in [5, 5.41) is 0. The Hall–Kier alpha value is 0. The molecule has 0 aromatic rings. The number of hydrogen-bond acceptors (Lipinski definition) is 0. The molecule has 2 aliphatic rings. The molecule has 0 heteroatoms. The van der Waals surface area contributed by atoms with Gasteiger partial charge in [-0.1, -0.05) is 13.3 Å². The molecule has 2 fully saturated rings. The van der Waals surface area contributed by atoms with Crippen LogP contribution in [0.3, 0.4) is 0 Å². The molecule has 3 atom stereocenters. The summed E-state index contributed by atoms with van der Waals surface area (Å²) in [7, 11) is 0. The topological polar surface area (TPSA) is 0 Å². The van der Waals surface area contributed by atoms with Crippen LogP contribution in [-0.2, 0) is 0 Å². The Morgan fingerprint density at radius 2 is 1.88 bits per heavy atom. The molecular weight excluding hydrogens is 96.1 g/mol. The van der Waals surface area contributed by atoms with Crippen LogP contribution in [-0.4, -0.2) is 0 Å². The van der Waals surface area contributed by atoms with Crippen LogP contribution in [0.4, 0.5) is 0 Å². The monoisotopic (exact) mass is 110 g/mol. The second kappa shape index (κ2) is 1.49. The van der Waals surface area contributed by atoms with Crippen LogP contribution >= 0.6 is 0 Å². The fraction of sp³-hybridized carbons (Fsp3) is 1.00. The van der Waals surface area contributed by atoms with Gasteiger partial charge < -0.3 is 0 Å². The molecular formula is C8H14. The van der Waals surface area contributed by atoms with Crippen molar-refractivity contribution in [2.45, 2.75) is 32.6 Å². The van der Waals surface area contributed by atoms with Crippen LogP contribution in [0.2, 0.25) is 0 Å². The van der Waals surface area contributed by atoms with E-state index in [9.17, 15) is 0 Å². The van der Waals surface area contributed by atoms with E-state index in [0.29, 0.717) is 0 Å². The first-order chi connectivity index (χ1) is 3.86. The average Bonchev–Trinajstić information content (AvgIpc) is 2.43. The van der Waals surface area contributed by atoms with Crippen LogP contribution in [0.1, 0.15) is 32.6 Å². The zero-order chi connectivity index (χ0) is 5.56. The first-order valence-electron chi connectivity index (χ1n) is 3.86. The predicted octanol–water partition coefficient (Wildman–Crippen LogP) is 2.44. The van der Waals surface area contributed by atoms with E-state index in [4.69, 9.17) is 0 Å². The lowest BCUT2D eigenvalue weighted by Gasteiger charge is -2.15. The van der Waals surface area contributed by atoms with E-state index < -0.39 is 0 Å². The van der Waals surface area contributed by atoms with Crippen molar-refractivity contribution in [2.24, 2.45) is 17.8 Å². The van der Waals surface area contributed by atoms with E-state index in [1.807, 2.05) is 0 Å². The summed E-state index contributed by atoms with van der Waals surface area (Å²) < 4.78 is 0. The van der Waals surface area contributed by atoms with Crippen LogP contribution in [0.25, 0.3) is 0 Å². The minimum absolute atomic E-state index is 1.05. The molecule has 46 valence electrons. The molecule has 0 aliphatic heterocycles. The molecule has 0 bridgehead atoms. The summed E-state index contributed by atoms with van der Waals surface area (Å²) in [5.74, 6) is 3.42. The van der Waals surface area contributed by atoms with Gasteiger partial charge in [0.1, 0.15) is 0 Å². The molecule has 0 nitrogen and oxygen atoms in total. The minimum atomic E-state index is 1.05. The van der Waals surface area contributed by atoms with Crippen molar-refractivity contribution in [2.75, 3.05) is 0 Å². The van der Waals surface area contributed by atoms with Crippen LogP contribution < -0.4 is 0 Å². The van der Waals surface area contributed by atoms with Crippen LogP contribution in [0.15, 0.2) is 0 Å². The molecule has 0 unspecified atom stereocenters. The van der Waals surface area contributed by atoms with E-state index >= 15 is 0 Å². The normalized spacial score (nSPS) is 52.9. The Kier molecular flexibility index (Phi) is 0.902. The van der Waals surface area contributed by atoms with E-state index in [2.05, 4.69) is 6.92 Å². The molecule has 0 N–H and O–H groups in total. The van der Waals surface area contributed by atoms with Gasteiger partial charge in [-0.25, -0.2) is 0 Å².